The van der Waals surface area contributed by atoms with Crippen molar-refractivity contribution in [3.63, 3.8) is 0 Å². The zero-order valence-corrected chi connectivity index (χ0v) is 26.6. The summed E-state index contributed by atoms with van der Waals surface area (Å²) >= 11 is 0. The number of nitrogens with one attached hydrogen (secondary N) is 2. The Morgan fingerprint density at radius 3 is 2.24 bits per heavy atom. The van der Waals surface area contributed by atoms with Crippen molar-refractivity contribution < 1.29 is 29.0 Å². The first-order valence-electron chi connectivity index (χ1n) is 15.0. The second-order valence-electron chi connectivity index (χ2n) is 11.7. The van der Waals surface area contributed by atoms with Gasteiger partial charge in [-0.2, -0.15) is 0 Å². The summed E-state index contributed by atoms with van der Waals surface area (Å²) in [6.07, 6.45) is 7.52. The smallest absolute Gasteiger partial charge is 0.408 e. The lowest BCUT2D eigenvalue weighted by Crippen LogP contribution is -2.53. The molecule has 3 rings (SSSR count). The van der Waals surface area contributed by atoms with E-state index in [1.54, 1.807) is 88.5 Å². The maximum atomic E-state index is 14.6. The molecule has 0 heterocycles. The van der Waals surface area contributed by atoms with Crippen molar-refractivity contribution in [3.8, 4) is 23.8 Å². The van der Waals surface area contributed by atoms with Gasteiger partial charge < -0.3 is 30.1 Å². The number of carbonyl (C=O) groups excluding carboxylic acids is 3. The van der Waals surface area contributed by atoms with Gasteiger partial charge in [-0.3, -0.25) is 9.59 Å². The Morgan fingerprint density at radius 1 is 0.978 bits per heavy atom. The van der Waals surface area contributed by atoms with Crippen LogP contribution in [-0.4, -0.2) is 53.2 Å². The summed E-state index contributed by atoms with van der Waals surface area (Å²) in [5, 5.41) is 15.5. The molecule has 0 aliphatic rings. The van der Waals surface area contributed by atoms with Crippen LogP contribution in [0.15, 0.2) is 72.8 Å². The molecule has 2 atom stereocenters. The van der Waals surface area contributed by atoms with E-state index >= 15 is 0 Å². The fourth-order valence-electron chi connectivity index (χ4n) is 4.82. The molecule has 3 aromatic carbocycles. The van der Waals surface area contributed by atoms with Crippen LogP contribution in [0.5, 0.6) is 11.5 Å². The molecule has 0 aliphatic heterocycles. The summed E-state index contributed by atoms with van der Waals surface area (Å²) in [6.45, 7) is 7.48. The van der Waals surface area contributed by atoms with Gasteiger partial charge in [0.2, 0.25) is 5.91 Å². The van der Waals surface area contributed by atoms with E-state index in [4.69, 9.17) is 15.9 Å². The van der Waals surface area contributed by atoms with Gasteiger partial charge in [-0.1, -0.05) is 56.0 Å². The van der Waals surface area contributed by atoms with Crippen molar-refractivity contribution in [1.29, 1.82) is 0 Å². The number of terminal acetylenes is 1. The highest BCUT2D eigenvalue weighted by Gasteiger charge is 2.37. The monoisotopic (exact) mass is 613 g/mol. The van der Waals surface area contributed by atoms with Crippen molar-refractivity contribution in [2.45, 2.75) is 71.1 Å². The summed E-state index contributed by atoms with van der Waals surface area (Å²) in [4.78, 5) is 43.3. The van der Waals surface area contributed by atoms with Crippen molar-refractivity contribution in [2.24, 2.45) is 0 Å². The van der Waals surface area contributed by atoms with Gasteiger partial charge in [0.05, 0.1) is 7.11 Å². The molecule has 3 N–H and O–H groups in total. The number of nitrogens with zero attached hydrogens (tertiary/aromatic N) is 1. The topological polar surface area (TPSA) is 117 Å². The number of hydrogen-bond acceptors (Lipinski definition) is 6. The molecule has 0 spiro atoms. The second kappa shape index (κ2) is 16.2. The summed E-state index contributed by atoms with van der Waals surface area (Å²) in [5.41, 5.74) is 1.35. The predicted molar refractivity (Wildman–Crippen MR) is 175 cm³/mol. The fraction of sp³-hybridized carbons (Fsp3) is 0.361. The zero-order chi connectivity index (χ0) is 33.0. The van der Waals surface area contributed by atoms with Crippen LogP contribution in [0, 0.1) is 12.3 Å². The average molecular weight is 614 g/mol. The molecule has 0 radical (unpaired) electrons. The number of amides is 3. The minimum absolute atomic E-state index is 0.0732. The molecular weight excluding hydrogens is 570 g/mol. The number of methoxy groups -OCH3 is 1. The largest absolute Gasteiger partial charge is 0.508 e. The van der Waals surface area contributed by atoms with E-state index in [9.17, 15) is 19.5 Å². The highest BCUT2D eigenvalue weighted by molar-refractivity contribution is 5.99. The summed E-state index contributed by atoms with van der Waals surface area (Å²) in [7, 11) is 1.56. The number of anilines is 1. The van der Waals surface area contributed by atoms with Gasteiger partial charge in [0.1, 0.15) is 29.2 Å². The number of phenols is 1. The van der Waals surface area contributed by atoms with E-state index in [0.29, 0.717) is 34.5 Å². The molecule has 9 heteroatoms. The van der Waals surface area contributed by atoms with Gasteiger partial charge in [0.15, 0.2) is 0 Å². The highest BCUT2D eigenvalue weighted by Crippen LogP contribution is 2.29. The van der Waals surface area contributed by atoms with Crippen molar-refractivity contribution in [2.75, 3.05) is 19.0 Å². The first-order chi connectivity index (χ1) is 21.4. The number of unbranched alkanes of at least 4 members (excludes halogenated alkanes) is 2. The molecule has 0 bridgehead atoms. The van der Waals surface area contributed by atoms with Crippen LogP contribution in [-0.2, 0) is 20.7 Å². The van der Waals surface area contributed by atoms with Crippen LogP contribution >= 0.6 is 0 Å². The first kappa shape index (κ1) is 34.5. The van der Waals surface area contributed by atoms with Gasteiger partial charge in [-0.25, -0.2) is 4.79 Å². The van der Waals surface area contributed by atoms with Gasteiger partial charge in [-0.15, -0.1) is 6.42 Å². The standard InChI is InChI=1S/C36H43N3O6/c1-7-9-12-23-39(34(42)31(38-35(43)45-36(3,4)5)24-25-15-19-28(40)20-16-25)32(30-14-11-10-13-26(30)8-2)33(41)37-27-17-21-29(44-6)22-18-27/h2,10-11,13-22,31-32,40H,7,9,12,23-24H2,1,3-6H3,(H,37,41)(H,38,43). The van der Waals surface area contributed by atoms with Crippen LogP contribution in [0.2, 0.25) is 0 Å². The van der Waals surface area contributed by atoms with E-state index < -0.39 is 35.6 Å². The molecule has 0 fully saturated rings. The predicted octanol–water partition coefficient (Wildman–Crippen LogP) is 6.22. The summed E-state index contributed by atoms with van der Waals surface area (Å²) < 4.78 is 10.7. The fourth-order valence-corrected chi connectivity index (χ4v) is 4.82. The number of ether oxygens (including phenoxy) is 2. The maximum absolute atomic E-state index is 14.6. The molecule has 3 aromatic rings. The summed E-state index contributed by atoms with van der Waals surface area (Å²) in [5.74, 6) is 2.41. The van der Waals surface area contributed by atoms with E-state index in [1.165, 1.54) is 17.0 Å². The second-order valence-corrected chi connectivity index (χ2v) is 11.7. The first-order valence-corrected chi connectivity index (χ1v) is 15.0. The molecule has 2 unspecified atom stereocenters. The lowest BCUT2D eigenvalue weighted by atomic mass is 9.96. The van der Waals surface area contributed by atoms with Crippen LogP contribution < -0.4 is 15.4 Å². The minimum atomic E-state index is -1.12. The Morgan fingerprint density at radius 2 is 1.64 bits per heavy atom. The normalized spacial score (nSPS) is 12.3. The average Bonchev–Trinajstić information content (AvgIpc) is 3.00. The number of rotatable bonds is 13. The third-order valence-corrected chi connectivity index (χ3v) is 6.98. The molecular formula is C36H43N3O6. The number of alkyl carbamates (subject to hydrolysis) is 1. The van der Waals surface area contributed by atoms with Crippen LogP contribution in [0.4, 0.5) is 10.5 Å². The Labute approximate surface area is 265 Å². The lowest BCUT2D eigenvalue weighted by molar-refractivity contribution is -0.140. The van der Waals surface area contributed by atoms with E-state index in [-0.39, 0.29) is 18.7 Å². The maximum Gasteiger partial charge on any atom is 0.408 e. The van der Waals surface area contributed by atoms with Gasteiger partial charge in [0.25, 0.3) is 5.91 Å². The number of carbonyl (C=O) groups is 3. The molecule has 238 valence electrons. The van der Waals surface area contributed by atoms with Crippen molar-refractivity contribution in [1.82, 2.24) is 10.2 Å². The molecule has 0 saturated carbocycles. The van der Waals surface area contributed by atoms with Gasteiger partial charge >= 0.3 is 6.09 Å². The number of phenolic OH excluding ortho intramolecular Hbond substituents is 1. The minimum Gasteiger partial charge on any atom is -0.508 e. The Bertz CT molecular complexity index is 1470. The quantitative estimate of drug-likeness (QED) is 0.156. The summed E-state index contributed by atoms with van der Waals surface area (Å²) in [6, 6.07) is 18.0. The van der Waals surface area contributed by atoms with Gasteiger partial charge in [-0.05, 0) is 80.8 Å². The molecule has 0 aliphatic carbocycles. The Hall–Kier alpha value is -4.97. The molecule has 0 aromatic heterocycles. The molecule has 3 amide bonds. The molecule has 9 nitrogen and oxygen atoms in total. The van der Waals surface area contributed by atoms with E-state index in [0.717, 1.165) is 12.8 Å². The lowest BCUT2D eigenvalue weighted by Gasteiger charge is -2.35. The molecule has 45 heavy (non-hydrogen) atoms. The SMILES string of the molecule is C#Cc1ccccc1C(C(=O)Nc1ccc(OC)cc1)N(CCCCC)C(=O)C(Cc1ccc(O)cc1)NC(=O)OC(C)(C)C. The Balaban J connectivity index is 2.10. The molecule has 0 saturated heterocycles. The number of aromatic hydroxyl groups is 1. The van der Waals surface area contributed by atoms with Gasteiger partial charge in [0, 0.05) is 24.2 Å². The highest BCUT2D eigenvalue weighted by atomic mass is 16.6. The van der Waals surface area contributed by atoms with E-state index in [2.05, 4.69) is 16.6 Å². The number of benzene rings is 3. The Kier molecular flexibility index (Phi) is 12.4. The number of hydrogen-bond donors (Lipinski definition) is 3. The van der Waals surface area contributed by atoms with Crippen LogP contribution in [0.1, 0.15) is 69.7 Å². The van der Waals surface area contributed by atoms with Crippen LogP contribution in [0.3, 0.4) is 0 Å². The van der Waals surface area contributed by atoms with E-state index in [1.807, 2.05) is 6.92 Å². The van der Waals surface area contributed by atoms with Crippen molar-refractivity contribution >= 4 is 23.6 Å². The third-order valence-electron chi connectivity index (χ3n) is 6.98. The van der Waals surface area contributed by atoms with Crippen LogP contribution in [0.25, 0.3) is 0 Å². The zero-order valence-electron chi connectivity index (χ0n) is 26.6. The van der Waals surface area contributed by atoms with Crippen molar-refractivity contribution in [3.05, 3.63) is 89.5 Å². The third kappa shape index (κ3) is 10.3.